The number of para-hydroxylation sites is 1. The molecule has 1 aliphatic heterocycles. The molecule has 0 unspecified atom stereocenters. The summed E-state index contributed by atoms with van der Waals surface area (Å²) >= 11 is 0. The van der Waals surface area contributed by atoms with Crippen LogP contribution in [0.15, 0.2) is 35.3 Å². The zero-order chi connectivity index (χ0) is 18.6. The Morgan fingerprint density at radius 3 is 2.46 bits per heavy atom. The van der Waals surface area contributed by atoms with Crippen LogP contribution in [0.25, 0.3) is 0 Å². The van der Waals surface area contributed by atoms with E-state index in [1.807, 2.05) is 25.1 Å². The molecule has 2 N–H and O–H groups in total. The number of anilines is 1. The molecule has 144 valence electrons. The average molecular weight is 361 g/mol. The van der Waals surface area contributed by atoms with Gasteiger partial charge in [0.2, 0.25) is 0 Å². The highest BCUT2D eigenvalue weighted by molar-refractivity contribution is 5.80. The molecule has 1 saturated heterocycles. The highest BCUT2D eigenvalue weighted by Gasteiger charge is 2.23. The van der Waals surface area contributed by atoms with Crippen molar-refractivity contribution in [1.29, 1.82) is 0 Å². The molecule has 0 aliphatic carbocycles. The minimum atomic E-state index is -0.221. The van der Waals surface area contributed by atoms with Gasteiger partial charge in [0.15, 0.2) is 5.96 Å². The van der Waals surface area contributed by atoms with Crippen molar-refractivity contribution in [3.05, 3.63) is 30.3 Å². The SMILES string of the molecule is CCNC(=NCCCNc1ccccc1)N1CCN(C(=O)OCC)CC1. The molecule has 0 aromatic heterocycles. The number of guanidine groups is 1. The minimum Gasteiger partial charge on any atom is -0.450 e. The fourth-order valence-electron chi connectivity index (χ4n) is 2.79. The van der Waals surface area contributed by atoms with Crippen molar-refractivity contribution >= 4 is 17.7 Å². The van der Waals surface area contributed by atoms with E-state index >= 15 is 0 Å². The first-order valence-electron chi connectivity index (χ1n) is 9.48. The smallest absolute Gasteiger partial charge is 0.409 e. The van der Waals surface area contributed by atoms with Gasteiger partial charge < -0.3 is 25.2 Å². The van der Waals surface area contributed by atoms with Crippen molar-refractivity contribution in [3.8, 4) is 0 Å². The molecule has 1 amide bonds. The summed E-state index contributed by atoms with van der Waals surface area (Å²) in [5, 5.41) is 6.75. The Labute approximate surface area is 156 Å². The lowest BCUT2D eigenvalue weighted by molar-refractivity contribution is 0.0914. The summed E-state index contributed by atoms with van der Waals surface area (Å²) in [5.41, 5.74) is 1.14. The maximum atomic E-state index is 11.8. The van der Waals surface area contributed by atoms with E-state index in [0.717, 1.165) is 50.8 Å². The molecule has 7 heteroatoms. The van der Waals surface area contributed by atoms with Crippen LogP contribution < -0.4 is 10.6 Å². The molecule has 0 radical (unpaired) electrons. The molecule has 0 atom stereocenters. The average Bonchev–Trinajstić information content (AvgIpc) is 2.68. The van der Waals surface area contributed by atoms with Gasteiger partial charge in [0.25, 0.3) is 0 Å². The van der Waals surface area contributed by atoms with Gasteiger partial charge in [0.05, 0.1) is 6.61 Å². The van der Waals surface area contributed by atoms with E-state index in [1.54, 1.807) is 4.90 Å². The molecule has 1 aromatic carbocycles. The monoisotopic (exact) mass is 361 g/mol. The van der Waals surface area contributed by atoms with Crippen molar-refractivity contribution in [2.45, 2.75) is 20.3 Å². The van der Waals surface area contributed by atoms with Crippen LogP contribution in [0.1, 0.15) is 20.3 Å². The van der Waals surface area contributed by atoms with Crippen molar-refractivity contribution in [2.24, 2.45) is 4.99 Å². The summed E-state index contributed by atoms with van der Waals surface area (Å²) in [6, 6.07) is 10.2. The summed E-state index contributed by atoms with van der Waals surface area (Å²) in [4.78, 5) is 20.5. The second-order valence-electron chi connectivity index (χ2n) is 6.06. The fraction of sp³-hybridized carbons (Fsp3) is 0.579. The van der Waals surface area contributed by atoms with Gasteiger partial charge in [-0.3, -0.25) is 4.99 Å². The number of benzene rings is 1. The number of aliphatic imine (C=N–C) groups is 1. The highest BCUT2D eigenvalue weighted by atomic mass is 16.6. The molecular weight excluding hydrogens is 330 g/mol. The maximum absolute atomic E-state index is 11.8. The number of nitrogens with zero attached hydrogens (tertiary/aromatic N) is 3. The molecule has 0 bridgehead atoms. The molecule has 1 aromatic rings. The first-order valence-corrected chi connectivity index (χ1v) is 9.48. The fourth-order valence-corrected chi connectivity index (χ4v) is 2.79. The van der Waals surface area contributed by atoms with Crippen molar-refractivity contribution in [1.82, 2.24) is 15.1 Å². The summed E-state index contributed by atoms with van der Waals surface area (Å²) in [6.45, 7) is 9.68. The number of carbonyl (C=O) groups is 1. The third kappa shape index (κ3) is 6.46. The first-order chi connectivity index (χ1) is 12.7. The van der Waals surface area contributed by atoms with Gasteiger partial charge >= 0.3 is 6.09 Å². The van der Waals surface area contributed by atoms with Gasteiger partial charge in [0.1, 0.15) is 0 Å². The first kappa shape index (κ1) is 19.9. The van der Waals surface area contributed by atoms with Gasteiger partial charge in [-0.15, -0.1) is 0 Å². The molecule has 7 nitrogen and oxygen atoms in total. The number of amides is 1. The molecule has 1 aliphatic rings. The normalized spacial score (nSPS) is 14.9. The minimum absolute atomic E-state index is 0.221. The van der Waals surface area contributed by atoms with E-state index in [2.05, 4.69) is 34.6 Å². The van der Waals surface area contributed by atoms with Crippen molar-refractivity contribution in [3.63, 3.8) is 0 Å². The van der Waals surface area contributed by atoms with Gasteiger partial charge in [-0.1, -0.05) is 18.2 Å². The molecule has 1 fully saturated rings. The van der Waals surface area contributed by atoms with E-state index in [-0.39, 0.29) is 6.09 Å². The van der Waals surface area contributed by atoms with Crippen LogP contribution >= 0.6 is 0 Å². The molecule has 1 heterocycles. The number of hydrogen-bond acceptors (Lipinski definition) is 4. The van der Waals surface area contributed by atoms with Gasteiger partial charge in [-0.25, -0.2) is 4.79 Å². The molecule has 0 saturated carbocycles. The lowest BCUT2D eigenvalue weighted by atomic mass is 10.3. The second kappa shape index (κ2) is 11.2. The summed E-state index contributed by atoms with van der Waals surface area (Å²) in [5.74, 6) is 0.927. The highest BCUT2D eigenvalue weighted by Crippen LogP contribution is 2.06. The van der Waals surface area contributed by atoms with Crippen LogP contribution in [0, 0.1) is 0 Å². The topological polar surface area (TPSA) is 69.2 Å². The third-order valence-corrected chi connectivity index (χ3v) is 4.14. The van der Waals surface area contributed by atoms with E-state index in [0.29, 0.717) is 19.7 Å². The third-order valence-electron chi connectivity index (χ3n) is 4.14. The van der Waals surface area contributed by atoms with Gasteiger partial charge in [-0.2, -0.15) is 0 Å². The molecule has 0 spiro atoms. The number of ether oxygens (including phenoxy) is 1. The number of piperazine rings is 1. The lowest BCUT2D eigenvalue weighted by Gasteiger charge is -2.35. The van der Waals surface area contributed by atoms with Gasteiger partial charge in [0, 0.05) is 51.5 Å². The van der Waals surface area contributed by atoms with E-state index in [4.69, 9.17) is 9.73 Å². The van der Waals surface area contributed by atoms with Gasteiger partial charge in [-0.05, 0) is 32.4 Å². The van der Waals surface area contributed by atoms with Crippen molar-refractivity contribution < 1.29 is 9.53 Å². The van der Waals surface area contributed by atoms with Crippen LogP contribution in [0.2, 0.25) is 0 Å². The number of nitrogens with one attached hydrogen (secondary N) is 2. The number of carbonyl (C=O) groups excluding carboxylic acids is 1. The predicted molar refractivity (Wildman–Crippen MR) is 106 cm³/mol. The largest absolute Gasteiger partial charge is 0.450 e. The van der Waals surface area contributed by atoms with E-state index < -0.39 is 0 Å². The maximum Gasteiger partial charge on any atom is 0.409 e. The zero-order valence-corrected chi connectivity index (χ0v) is 15.9. The second-order valence-corrected chi connectivity index (χ2v) is 6.06. The Hall–Kier alpha value is -2.44. The Kier molecular flexibility index (Phi) is 8.59. The standard InChI is InChI=1S/C19H31N5O2/c1-3-20-18(22-12-8-11-21-17-9-6-5-7-10-17)23-13-15-24(16-14-23)19(25)26-4-2/h5-7,9-10,21H,3-4,8,11-16H2,1-2H3,(H,20,22). The molecule has 2 rings (SSSR count). The number of rotatable bonds is 7. The summed E-state index contributed by atoms with van der Waals surface area (Å²) < 4.78 is 5.07. The van der Waals surface area contributed by atoms with Crippen LogP contribution in [-0.4, -0.2) is 74.3 Å². The Morgan fingerprint density at radius 2 is 1.81 bits per heavy atom. The molecule has 26 heavy (non-hydrogen) atoms. The predicted octanol–water partition coefficient (Wildman–Crippen LogP) is 2.23. The van der Waals surface area contributed by atoms with E-state index in [9.17, 15) is 4.79 Å². The summed E-state index contributed by atoms with van der Waals surface area (Å²) in [6.07, 6.45) is 0.744. The molecular formula is C19H31N5O2. The van der Waals surface area contributed by atoms with E-state index in [1.165, 1.54) is 0 Å². The number of hydrogen-bond donors (Lipinski definition) is 2. The Balaban J connectivity index is 1.75. The van der Waals surface area contributed by atoms with Crippen molar-refractivity contribution in [2.75, 3.05) is 57.7 Å². The Bertz CT molecular complexity index is 556. The van der Waals surface area contributed by atoms with Crippen LogP contribution in [0.3, 0.4) is 0 Å². The van der Waals surface area contributed by atoms with Crippen LogP contribution in [0.4, 0.5) is 10.5 Å². The van der Waals surface area contributed by atoms with Crippen LogP contribution in [-0.2, 0) is 4.74 Å². The van der Waals surface area contributed by atoms with Crippen LogP contribution in [0.5, 0.6) is 0 Å². The Morgan fingerprint density at radius 1 is 1.12 bits per heavy atom. The summed E-state index contributed by atoms with van der Waals surface area (Å²) in [7, 11) is 0. The lowest BCUT2D eigenvalue weighted by Crippen LogP contribution is -2.53. The zero-order valence-electron chi connectivity index (χ0n) is 15.9. The quantitative estimate of drug-likeness (QED) is 0.443.